The van der Waals surface area contributed by atoms with Crippen LogP contribution in [0.1, 0.15) is 11.3 Å². The van der Waals surface area contributed by atoms with Crippen molar-refractivity contribution in [2.75, 3.05) is 11.9 Å². The van der Waals surface area contributed by atoms with E-state index in [0.29, 0.717) is 22.1 Å². The van der Waals surface area contributed by atoms with Crippen LogP contribution in [0.3, 0.4) is 0 Å². The number of nitrogens with zero attached hydrogens (tertiary/aromatic N) is 2. The van der Waals surface area contributed by atoms with Crippen LogP contribution in [0.4, 0.5) is 5.13 Å². The number of nitriles is 1. The molecule has 112 valence electrons. The Labute approximate surface area is 130 Å². The van der Waals surface area contributed by atoms with E-state index in [2.05, 4.69) is 10.3 Å². The zero-order chi connectivity index (χ0) is 15.9. The van der Waals surface area contributed by atoms with E-state index in [1.165, 1.54) is 11.3 Å². The topological polar surface area (TPSA) is 118 Å². The number of anilines is 1. The SMILES string of the molecule is N#Cc1ccccc1OCC(=O)Nc1nc(CC(N)=O)cs1. The van der Waals surface area contributed by atoms with Crippen molar-refractivity contribution >= 4 is 28.3 Å². The number of ether oxygens (including phenoxy) is 1. The van der Waals surface area contributed by atoms with Gasteiger partial charge in [-0.1, -0.05) is 12.1 Å². The van der Waals surface area contributed by atoms with Gasteiger partial charge in [0.05, 0.1) is 17.7 Å². The molecule has 22 heavy (non-hydrogen) atoms. The number of thiazole rings is 1. The first-order chi connectivity index (χ1) is 10.6. The summed E-state index contributed by atoms with van der Waals surface area (Å²) >= 11 is 1.19. The number of primary amides is 1. The average molecular weight is 316 g/mol. The maximum absolute atomic E-state index is 11.8. The zero-order valence-corrected chi connectivity index (χ0v) is 12.2. The molecule has 0 fully saturated rings. The molecule has 0 saturated carbocycles. The fourth-order valence-corrected chi connectivity index (χ4v) is 2.33. The lowest BCUT2D eigenvalue weighted by Crippen LogP contribution is -2.20. The molecular weight excluding hydrogens is 304 g/mol. The highest BCUT2D eigenvalue weighted by atomic mass is 32.1. The van der Waals surface area contributed by atoms with Crippen LogP contribution in [0, 0.1) is 11.3 Å². The van der Waals surface area contributed by atoms with Crippen molar-refractivity contribution in [3.8, 4) is 11.8 Å². The summed E-state index contributed by atoms with van der Waals surface area (Å²) in [6, 6.07) is 8.62. The number of aromatic nitrogens is 1. The summed E-state index contributed by atoms with van der Waals surface area (Å²) in [6.45, 7) is -0.247. The van der Waals surface area contributed by atoms with E-state index in [1.54, 1.807) is 29.6 Å². The maximum atomic E-state index is 11.8. The van der Waals surface area contributed by atoms with Gasteiger partial charge in [0.25, 0.3) is 5.91 Å². The van der Waals surface area contributed by atoms with Crippen LogP contribution < -0.4 is 15.8 Å². The number of carbonyl (C=O) groups excluding carboxylic acids is 2. The first kappa shape index (κ1) is 15.5. The predicted molar refractivity (Wildman–Crippen MR) is 80.3 cm³/mol. The third-order valence-corrected chi connectivity index (χ3v) is 3.33. The number of rotatable bonds is 6. The molecule has 1 aromatic carbocycles. The molecule has 2 aromatic rings. The number of nitrogens with two attached hydrogens (primary N) is 1. The molecule has 8 heteroatoms. The number of hydrogen-bond acceptors (Lipinski definition) is 6. The smallest absolute Gasteiger partial charge is 0.264 e. The van der Waals surface area contributed by atoms with Crippen molar-refractivity contribution < 1.29 is 14.3 Å². The van der Waals surface area contributed by atoms with Gasteiger partial charge in [-0.2, -0.15) is 5.26 Å². The van der Waals surface area contributed by atoms with Crippen molar-refractivity contribution in [3.63, 3.8) is 0 Å². The van der Waals surface area contributed by atoms with E-state index in [0.717, 1.165) is 0 Å². The molecule has 3 N–H and O–H groups in total. The Bertz CT molecular complexity index is 736. The summed E-state index contributed by atoms with van der Waals surface area (Å²) in [4.78, 5) is 26.6. The minimum atomic E-state index is -0.486. The van der Waals surface area contributed by atoms with E-state index in [4.69, 9.17) is 15.7 Å². The Morgan fingerprint density at radius 2 is 2.18 bits per heavy atom. The lowest BCUT2D eigenvalue weighted by molar-refractivity contribution is -0.118. The highest BCUT2D eigenvalue weighted by molar-refractivity contribution is 7.13. The average Bonchev–Trinajstić information content (AvgIpc) is 2.91. The molecule has 0 unspecified atom stereocenters. The summed E-state index contributed by atoms with van der Waals surface area (Å²) in [7, 11) is 0. The van der Waals surface area contributed by atoms with Crippen molar-refractivity contribution in [2.45, 2.75) is 6.42 Å². The lowest BCUT2D eigenvalue weighted by Gasteiger charge is -2.06. The third kappa shape index (κ3) is 4.29. The minimum absolute atomic E-state index is 0.0262. The first-order valence-corrected chi connectivity index (χ1v) is 7.11. The second-order valence-corrected chi connectivity index (χ2v) is 5.09. The van der Waals surface area contributed by atoms with Gasteiger partial charge >= 0.3 is 0 Å². The molecule has 0 saturated heterocycles. The second-order valence-electron chi connectivity index (χ2n) is 4.23. The fourth-order valence-electron chi connectivity index (χ4n) is 1.61. The third-order valence-electron chi connectivity index (χ3n) is 2.52. The van der Waals surface area contributed by atoms with Crippen LogP contribution in [-0.2, 0) is 16.0 Å². The Balaban J connectivity index is 1.89. The fraction of sp³-hybridized carbons (Fsp3) is 0.143. The Kier molecular flexibility index (Phi) is 5.06. The van der Waals surface area contributed by atoms with Crippen molar-refractivity contribution in [2.24, 2.45) is 5.73 Å². The van der Waals surface area contributed by atoms with Crippen LogP contribution in [0.15, 0.2) is 29.6 Å². The van der Waals surface area contributed by atoms with Crippen molar-refractivity contribution in [3.05, 3.63) is 40.9 Å². The molecule has 0 aliphatic rings. The van der Waals surface area contributed by atoms with Gasteiger partial charge < -0.3 is 10.5 Å². The van der Waals surface area contributed by atoms with E-state index in [-0.39, 0.29) is 13.0 Å². The normalized spacial score (nSPS) is 9.77. The molecule has 2 amide bonds. The van der Waals surface area contributed by atoms with Crippen LogP contribution in [0.5, 0.6) is 5.75 Å². The molecular formula is C14H12N4O3S. The number of nitrogens with one attached hydrogen (secondary N) is 1. The maximum Gasteiger partial charge on any atom is 0.264 e. The predicted octanol–water partition coefficient (Wildman–Crippen LogP) is 1.06. The summed E-state index contributed by atoms with van der Waals surface area (Å²) in [5.74, 6) is -0.555. The largest absolute Gasteiger partial charge is 0.482 e. The molecule has 0 atom stereocenters. The second kappa shape index (κ2) is 7.19. The summed E-state index contributed by atoms with van der Waals surface area (Å²) in [5, 5.41) is 13.5. The van der Waals surface area contributed by atoms with Gasteiger partial charge in [-0.25, -0.2) is 4.98 Å². The van der Waals surface area contributed by atoms with E-state index in [9.17, 15) is 9.59 Å². The minimum Gasteiger partial charge on any atom is -0.482 e. The molecule has 2 rings (SSSR count). The molecule has 0 aliphatic heterocycles. The van der Waals surface area contributed by atoms with Crippen molar-refractivity contribution in [1.29, 1.82) is 5.26 Å². The van der Waals surface area contributed by atoms with Gasteiger partial charge in [0.1, 0.15) is 11.8 Å². The molecule has 1 aromatic heterocycles. The van der Waals surface area contributed by atoms with Gasteiger partial charge in [-0.05, 0) is 12.1 Å². The Morgan fingerprint density at radius 1 is 1.41 bits per heavy atom. The first-order valence-electron chi connectivity index (χ1n) is 6.23. The quantitative estimate of drug-likeness (QED) is 0.826. The monoisotopic (exact) mass is 316 g/mol. The van der Waals surface area contributed by atoms with E-state index in [1.807, 2.05) is 6.07 Å². The lowest BCUT2D eigenvalue weighted by atomic mass is 10.2. The standard InChI is InChI=1S/C14H12N4O3S/c15-6-9-3-1-2-4-11(9)21-7-13(20)18-14-17-10(8-22-14)5-12(16)19/h1-4,8H,5,7H2,(H2,16,19)(H,17,18,20). The molecule has 0 spiro atoms. The van der Waals surface area contributed by atoms with Crippen LogP contribution in [0.25, 0.3) is 0 Å². The summed E-state index contributed by atoms with van der Waals surface area (Å²) < 4.78 is 5.30. The van der Waals surface area contributed by atoms with Crippen LogP contribution >= 0.6 is 11.3 Å². The van der Waals surface area contributed by atoms with Gasteiger partial charge in [0.2, 0.25) is 5.91 Å². The highest BCUT2D eigenvalue weighted by Crippen LogP contribution is 2.18. The number of hydrogen-bond donors (Lipinski definition) is 2. The molecule has 0 radical (unpaired) electrons. The van der Waals surface area contributed by atoms with Crippen LogP contribution in [0.2, 0.25) is 0 Å². The summed E-state index contributed by atoms with van der Waals surface area (Å²) in [6.07, 6.45) is 0.0262. The number of amides is 2. The van der Waals surface area contributed by atoms with Gasteiger partial charge in [0.15, 0.2) is 11.7 Å². The Hall–Kier alpha value is -2.92. The van der Waals surface area contributed by atoms with Gasteiger partial charge in [0, 0.05) is 5.38 Å². The van der Waals surface area contributed by atoms with Crippen LogP contribution in [-0.4, -0.2) is 23.4 Å². The van der Waals surface area contributed by atoms with Crippen molar-refractivity contribution in [1.82, 2.24) is 4.98 Å². The highest BCUT2D eigenvalue weighted by Gasteiger charge is 2.10. The number of carbonyl (C=O) groups is 2. The molecule has 0 bridgehead atoms. The van der Waals surface area contributed by atoms with Gasteiger partial charge in [-0.15, -0.1) is 11.3 Å². The molecule has 1 heterocycles. The number of benzene rings is 1. The van der Waals surface area contributed by atoms with E-state index >= 15 is 0 Å². The number of para-hydroxylation sites is 1. The van der Waals surface area contributed by atoms with E-state index < -0.39 is 11.8 Å². The molecule has 0 aliphatic carbocycles. The Morgan fingerprint density at radius 3 is 2.91 bits per heavy atom. The zero-order valence-electron chi connectivity index (χ0n) is 11.4. The molecule has 7 nitrogen and oxygen atoms in total. The summed E-state index contributed by atoms with van der Waals surface area (Å²) in [5.41, 5.74) is 5.92. The van der Waals surface area contributed by atoms with Gasteiger partial charge in [-0.3, -0.25) is 14.9 Å².